The predicted molar refractivity (Wildman–Crippen MR) is 137 cm³/mol. The second kappa shape index (κ2) is 12.5. The molecule has 0 radical (unpaired) electrons. The van der Waals surface area contributed by atoms with Crippen molar-refractivity contribution in [1.29, 1.82) is 0 Å². The first-order valence-corrected chi connectivity index (χ1v) is 13.1. The number of likely N-dealkylation sites (N-methyl/N-ethyl adjacent to an activating group) is 1. The molecule has 3 amide bonds. The van der Waals surface area contributed by atoms with E-state index in [0.29, 0.717) is 25.9 Å². The topological polar surface area (TPSA) is 120 Å². The summed E-state index contributed by atoms with van der Waals surface area (Å²) >= 11 is 0. The average Bonchev–Trinajstić information content (AvgIpc) is 3.69. The fourth-order valence-electron chi connectivity index (χ4n) is 4.41. The van der Waals surface area contributed by atoms with Crippen LogP contribution < -0.4 is 20.7 Å². The number of carbonyl (C=O) groups is 3. The molecule has 9 heteroatoms. The summed E-state index contributed by atoms with van der Waals surface area (Å²) in [7, 11) is 1.60. The van der Waals surface area contributed by atoms with Crippen molar-refractivity contribution < 1.29 is 24.2 Å². The molecule has 3 rings (SSSR count). The zero-order chi connectivity index (χ0) is 26.4. The number of hydrogen-bond acceptors (Lipinski definition) is 6. The van der Waals surface area contributed by atoms with Gasteiger partial charge in [0.25, 0.3) is 0 Å². The van der Waals surface area contributed by atoms with Crippen LogP contribution in [0, 0.1) is 11.8 Å². The normalized spacial score (nSPS) is 28.3. The number of nitrogens with zero attached hydrogens (tertiary/aromatic N) is 1. The standard InChI is InChI=1S/C27H42N4O5/c1-16(2)24(32)23-26(34)28-14-8-10-19-9-6-7-11-21(19)36-17(3)15-29-22(20-12-13-20)27(35)31(5)18(4)25(33)30-23/h6-7,9,11,16-18,20,22-24,29,32H,8,10,12-15H2,1-5H3,(H,28,34)(H,30,33)/t17-,18-,22+,23-,24?/m1/s1. The van der Waals surface area contributed by atoms with E-state index in [0.717, 1.165) is 24.2 Å². The van der Waals surface area contributed by atoms with Crippen LogP contribution in [-0.4, -0.2) is 78.2 Å². The van der Waals surface area contributed by atoms with E-state index >= 15 is 0 Å². The summed E-state index contributed by atoms with van der Waals surface area (Å²) in [5.74, 6) is -0.321. The van der Waals surface area contributed by atoms with Gasteiger partial charge in [-0.15, -0.1) is 0 Å². The minimum atomic E-state index is -1.11. The van der Waals surface area contributed by atoms with Crippen LogP contribution in [0.1, 0.15) is 52.5 Å². The van der Waals surface area contributed by atoms with Crippen LogP contribution in [-0.2, 0) is 20.8 Å². The van der Waals surface area contributed by atoms with Crippen LogP contribution in [0.3, 0.4) is 0 Å². The molecule has 1 saturated carbocycles. The Labute approximate surface area is 214 Å². The summed E-state index contributed by atoms with van der Waals surface area (Å²) in [6, 6.07) is 5.50. The van der Waals surface area contributed by atoms with Gasteiger partial charge < -0.3 is 30.7 Å². The first-order valence-electron chi connectivity index (χ1n) is 13.1. The van der Waals surface area contributed by atoms with Crippen molar-refractivity contribution in [3.63, 3.8) is 0 Å². The van der Waals surface area contributed by atoms with Gasteiger partial charge in [0.2, 0.25) is 17.7 Å². The Kier molecular flexibility index (Phi) is 9.73. The van der Waals surface area contributed by atoms with E-state index in [9.17, 15) is 19.5 Å². The Morgan fingerprint density at radius 2 is 1.78 bits per heavy atom. The maximum absolute atomic E-state index is 13.4. The number of aryl methyl sites for hydroxylation is 1. The summed E-state index contributed by atoms with van der Waals surface area (Å²) in [6.07, 6.45) is 2.06. The Hall–Kier alpha value is -2.65. The Morgan fingerprint density at radius 3 is 2.44 bits per heavy atom. The summed E-state index contributed by atoms with van der Waals surface area (Å²) in [4.78, 5) is 40.9. The van der Waals surface area contributed by atoms with E-state index < -0.39 is 36.0 Å². The molecule has 0 aromatic heterocycles. The highest BCUT2D eigenvalue weighted by Crippen LogP contribution is 2.33. The molecule has 36 heavy (non-hydrogen) atoms. The number of ether oxygens (including phenoxy) is 1. The van der Waals surface area contributed by atoms with Gasteiger partial charge >= 0.3 is 0 Å². The molecule has 1 heterocycles. The van der Waals surface area contributed by atoms with Gasteiger partial charge in [0.15, 0.2) is 0 Å². The number of nitrogens with one attached hydrogen (secondary N) is 3. The fourth-order valence-corrected chi connectivity index (χ4v) is 4.41. The summed E-state index contributed by atoms with van der Waals surface area (Å²) < 4.78 is 6.21. The lowest BCUT2D eigenvalue weighted by Gasteiger charge is -2.32. The number of fused-ring (bicyclic) bond motifs is 1. The van der Waals surface area contributed by atoms with Gasteiger partial charge in [0, 0.05) is 20.1 Å². The van der Waals surface area contributed by atoms with Crippen molar-refractivity contribution in [2.45, 2.75) is 83.7 Å². The molecule has 1 aromatic rings. The summed E-state index contributed by atoms with van der Waals surface area (Å²) in [5, 5.41) is 19.6. The van der Waals surface area contributed by atoms with Crippen LogP contribution in [0.2, 0.25) is 0 Å². The minimum absolute atomic E-state index is 0.164. The Morgan fingerprint density at radius 1 is 1.08 bits per heavy atom. The van der Waals surface area contributed by atoms with Crippen molar-refractivity contribution in [3.05, 3.63) is 29.8 Å². The van der Waals surface area contributed by atoms with Crippen molar-refractivity contribution in [1.82, 2.24) is 20.9 Å². The molecule has 1 aliphatic heterocycles. The van der Waals surface area contributed by atoms with Gasteiger partial charge in [-0.3, -0.25) is 14.4 Å². The van der Waals surface area contributed by atoms with Gasteiger partial charge in [-0.1, -0.05) is 32.0 Å². The van der Waals surface area contributed by atoms with Crippen LogP contribution in [0.15, 0.2) is 24.3 Å². The molecule has 1 aromatic carbocycles. The lowest BCUT2D eigenvalue weighted by atomic mass is 9.98. The molecule has 4 N–H and O–H groups in total. The third kappa shape index (κ3) is 7.20. The number of amides is 3. The van der Waals surface area contributed by atoms with Crippen molar-refractivity contribution in [2.75, 3.05) is 20.1 Å². The van der Waals surface area contributed by atoms with Crippen LogP contribution in [0.5, 0.6) is 5.75 Å². The van der Waals surface area contributed by atoms with Gasteiger partial charge in [-0.2, -0.15) is 0 Å². The second-order valence-electron chi connectivity index (χ2n) is 10.5. The van der Waals surface area contributed by atoms with E-state index in [-0.39, 0.29) is 23.8 Å². The first kappa shape index (κ1) is 27.9. The number of carbonyl (C=O) groups excluding carboxylic acids is 3. The smallest absolute Gasteiger partial charge is 0.245 e. The zero-order valence-electron chi connectivity index (χ0n) is 22.1. The molecule has 1 unspecified atom stereocenters. The number of aliphatic hydroxyl groups excluding tert-OH is 1. The van der Waals surface area contributed by atoms with Gasteiger partial charge in [0.1, 0.15) is 23.9 Å². The lowest BCUT2D eigenvalue weighted by molar-refractivity contribution is -0.142. The first-order chi connectivity index (χ1) is 17.1. The molecule has 2 aliphatic rings. The summed E-state index contributed by atoms with van der Waals surface area (Å²) in [5.41, 5.74) is 1.04. The minimum Gasteiger partial charge on any atom is -0.489 e. The van der Waals surface area contributed by atoms with Crippen molar-refractivity contribution in [2.24, 2.45) is 11.8 Å². The molecule has 1 fully saturated rings. The Balaban J connectivity index is 1.85. The quantitative estimate of drug-likeness (QED) is 0.494. The number of para-hydroxylation sites is 1. The van der Waals surface area contributed by atoms with E-state index in [4.69, 9.17) is 4.74 Å². The van der Waals surface area contributed by atoms with Gasteiger partial charge in [0.05, 0.1) is 12.1 Å². The maximum Gasteiger partial charge on any atom is 0.245 e. The monoisotopic (exact) mass is 502 g/mol. The molecule has 1 aliphatic carbocycles. The highest BCUT2D eigenvalue weighted by molar-refractivity contribution is 5.93. The van der Waals surface area contributed by atoms with Crippen molar-refractivity contribution >= 4 is 17.7 Å². The van der Waals surface area contributed by atoms with E-state index in [1.165, 1.54) is 4.90 Å². The Bertz CT molecular complexity index is 919. The highest BCUT2D eigenvalue weighted by Gasteiger charge is 2.40. The maximum atomic E-state index is 13.4. The molecule has 5 atom stereocenters. The van der Waals surface area contributed by atoms with Crippen LogP contribution in [0.25, 0.3) is 0 Å². The molecule has 200 valence electrons. The number of benzene rings is 1. The molecule has 0 saturated heterocycles. The lowest BCUT2D eigenvalue weighted by Crippen LogP contribution is -2.59. The third-order valence-electron chi connectivity index (χ3n) is 7.12. The van der Waals surface area contributed by atoms with E-state index in [1.807, 2.05) is 31.2 Å². The molecular weight excluding hydrogens is 460 g/mol. The highest BCUT2D eigenvalue weighted by atomic mass is 16.5. The molecular formula is C27H42N4O5. The molecule has 0 bridgehead atoms. The fraction of sp³-hybridized carbons (Fsp3) is 0.667. The second-order valence-corrected chi connectivity index (χ2v) is 10.5. The number of rotatable bonds is 3. The molecule has 9 nitrogen and oxygen atoms in total. The molecule has 0 spiro atoms. The largest absolute Gasteiger partial charge is 0.489 e. The van der Waals surface area contributed by atoms with E-state index in [2.05, 4.69) is 16.0 Å². The average molecular weight is 503 g/mol. The van der Waals surface area contributed by atoms with E-state index in [1.54, 1.807) is 27.8 Å². The summed E-state index contributed by atoms with van der Waals surface area (Å²) in [6.45, 7) is 8.06. The number of hydrogen-bond donors (Lipinski definition) is 4. The van der Waals surface area contributed by atoms with Gasteiger partial charge in [-0.05, 0) is 63.0 Å². The van der Waals surface area contributed by atoms with Crippen LogP contribution in [0.4, 0.5) is 0 Å². The number of aliphatic hydroxyl groups is 1. The SMILES string of the molecule is CC(C)C(O)[C@H]1NC(=O)[C@@H](C)N(C)C(=O)[C@H](C2CC2)NC[C@@H](C)Oc2ccccc2CCCNC1=O. The zero-order valence-corrected chi connectivity index (χ0v) is 22.1. The third-order valence-corrected chi connectivity index (χ3v) is 7.12. The van der Waals surface area contributed by atoms with Crippen LogP contribution >= 0.6 is 0 Å². The van der Waals surface area contributed by atoms with Crippen molar-refractivity contribution in [3.8, 4) is 5.75 Å². The predicted octanol–water partition coefficient (Wildman–Crippen LogP) is 1.23. The van der Waals surface area contributed by atoms with Gasteiger partial charge in [-0.25, -0.2) is 0 Å².